The van der Waals surface area contributed by atoms with Crippen molar-refractivity contribution in [3.63, 3.8) is 0 Å². The van der Waals surface area contributed by atoms with Crippen LogP contribution in [0.5, 0.6) is 46.0 Å². The lowest BCUT2D eigenvalue weighted by molar-refractivity contribution is -0.00711. The predicted molar refractivity (Wildman–Crippen MR) is 81.9 cm³/mol. The van der Waals surface area contributed by atoms with E-state index in [-0.39, 0.29) is 5.75 Å². The van der Waals surface area contributed by atoms with Gasteiger partial charge in [0.1, 0.15) is 16.3 Å². The zero-order chi connectivity index (χ0) is 18.5. The van der Waals surface area contributed by atoms with Gasteiger partial charge in [0.05, 0.1) is 6.42 Å². The fraction of sp³-hybridized carbons (Fsp3) is 0.133. The number of benzene rings is 2. The Hall–Kier alpha value is -3.20. The molecule has 0 fully saturated rings. The van der Waals surface area contributed by atoms with Crippen LogP contribution in [0.25, 0.3) is 0 Å². The van der Waals surface area contributed by atoms with E-state index in [0.717, 1.165) is 12.1 Å². The Morgan fingerprint density at radius 1 is 0.960 bits per heavy atom. The summed E-state index contributed by atoms with van der Waals surface area (Å²) >= 11 is 5.62. The number of carbonyl (C=O) groups is 1. The van der Waals surface area contributed by atoms with E-state index < -0.39 is 69.3 Å². The molecule has 1 aliphatic rings. The molecule has 0 saturated heterocycles. The first-order chi connectivity index (χ1) is 11.7. The lowest BCUT2D eigenvalue weighted by Gasteiger charge is -2.27. The molecule has 25 heavy (non-hydrogen) atoms. The van der Waals surface area contributed by atoms with Crippen LogP contribution >= 0.6 is 11.6 Å². The van der Waals surface area contributed by atoms with Gasteiger partial charge in [0, 0.05) is 12.1 Å². The summed E-state index contributed by atoms with van der Waals surface area (Å²) in [6, 6.07) is 1.93. The van der Waals surface area contributed by atoms with Gasteiger partial charge < -0.3 is 40.1 Å². The van der Waals surface area contributed by atoms with E-state index in [9.17, 15) is 35.4 Å². The molecule has 2 aromatic rings. The van der Waals surface area contributed by atoms with E-state index in [1.165, 1.54) is 0 Å². The van der Waals surface area contributed by atoms with E-state index in [1.54, 1.807) is 0 Å². The zero-order valence-corrected chi connectivity index (χ0v) is 13.0. The lowest BCUT2D eigenvalue weighted by Crippen LogP contribution is -2.32. The average molecular weight is 371 g/mol. The molecule has 1 heterocycles. The molecule has 1 unspecified atom stereocenters. The maximum absolute atomic E-state index is 12.2. The van der Waals surface area contributed by atoms with Crippen molar-refractivity contribution in [2.24, 2.45) is 0 Å². The Bertz CT molecular complexity index is 870. The number of hydrogen-bond donors (Lipinski definition) is 6. The van der Waals surface area contributed by atoms with E-state index in [4.69, 9.17) is 21.1 Å². The lowest BCUT2D eigenvalue weighted by atomic mass is 10.0. The van der Waals surface area contributed by atoms with Crippen LogP contribution in [0.3, 0.4) is 0 Å². The number of phenols is 6. The highest BCUT2D eigenvalue weighted by Gasteiger charge is 2.36. The molecule has 9 nitrogen and oxygen atoms in total. The monoisotopic (exact) mass is 370 g/mol. The van der Waals surface area contributed by atoms with E-state index in [1.807, 2.05) is 0 Å². The Labute approximate surface area is 144 Å². The summed E-state index contributed by atoms with van der Waals surface area (Å²) in [7, 11) is 0. The summed E-state index contributed by atoms with van der Waals surface area (Å²) in [6.07, 6.45) is -1.71. The molecule has 1 aliphatic heterocycles. The zero-order valence-electron chi connectivity index (χ0n) is 12.2. The van der Waals surface area contributed by atoms with Gasteiger partial charge in [-0.05, 0) is 0 Å². The van der Waals surface area contributed by atoms with Crippen molar-refractivity contribution < 1.29 is 44.9 Å². The third kappa shape index (κ3) is 2.64. The van der Waals surface area contributed by atoms with E-state index >= 15 is 0 Å². The molecule has 0 radical (unpaired) electrons. The van der Waals surface area contributed by atoms with Crippen molar-refractivity contribution in [2.75, 3.05) is 0 Å². The first-order valence-corrected chi connectivity index (χ1v) is 7.16. The van der Waals surface area contributed by atoms with E-state index in [2.05, 4.69) is 0 Å². The van der Waals surface area contributed by atoms with Crippen LogP contribution in [0.1, 0.15) is 16.8 Å². The van der Waals surface area contributed by atoms with Crippen molar-refractivity contribution in [1.82, 2.24) is 0 Å². The number of fused-ring (bicyclic) bond motifs is 1. The number of phenolic OH excluding ortho intramolecular Hbond substituents is 6. The van der Waals surface area contributed by atoms with Gasteiger partial charge in [0.15, 0.2) is 34.5 Å². The quantitative estimate of drug-likeness (QED) is 0.343. The second-order valence-electron chi connectivity index (χ2n) is 5.17. The van der Waals surface area contributed by atoms with Crippen molar-refractivity contribution in [2.45, 2.75) is 12.7 Å². The highest BCUT2D eigenvalue weighted by atomic mass is 35.5. The molecule has 0 saturated carbocycles. The summed E-state index contributed by atoms with van der Waals surface area (Å²) in [4.78, 5) is 12.2. The number of hydrogen-bond acceptors (Lipinski definition) is 9. The second kappa shape index (κ2) is 5.71. The van der Waals surface area contributed by atoms with Gasteiger partial charge in [-0.2, -0.15) is 0 Å². The number of halogens is 1. The summed E-state index contributed by atoms with van der Waals surface area (Å²) in [5, 5.41) is 57.0. The molecule has 1 atom stereocenters. The Balaban J connectivity index is 1.96. The minimum Gasteiger partial charge on any atom is -0.505 e. The first-order valence-electron chi connectivity index (χ1n) is 6.78. The molecule has 0 aliphatic carbocycles. The fourth-order valence-electron chi connectivity index (χ4n) is 2.32. The molecular weight excluding hydrogens is 360 g/mol. The minimum atomic E-state index is -1.31. The normalized spacial score (nSPS) is 16.2. The number of carbonyl (C=O) groups excluding carboxylic acids is 1. The van der Waals surface area contributed by atoms with Gasteiger partial charge in [-0.1, -0.05) is 11.6 Å². The third-order valence-electron chi connectivity index (χ3n) is 3.51. The Kier molecular flexibility index (Phi) is 3.80. The van der Waals surface area contributed by atoms with Gasteiger partial charge in [-0.3, -0.25) is 4.79 Å². The molecule has 0 bridgehead atoms. The van der Waals surface area contributed by atoms with Gasteiger partial charge in [0.25, 0.3) is 0 Å². The van der Waals surface area contributed by atoms with Crippen LogP contribution < -0.4 is 9.47 Å². The molecule has 0 amide bonds. The molecule has 132 valence electrons. The maximum Gasteiger partial charge on any atom is 0.248 e. The molecule has 0 aromatic heterocycles. The van der Waals surface area contributed by atoms with Gasteiger partial charge in [-0.15, -0.1) is 0 Å². The average Bonchev–Trinajstić information content (AvgIpc) is 2.55. The predicted octanol–water partition coefficient (Wildman–Crippen LogP) is 1.94. The molecular formula is C15H11ClO9. The van der Waals surface area contributed by atoms with Crippen molar-refractivity contribution >= 4 is 17.4 Å². The molecule has 6 N–H and O–H groups in total. The molecule has 10 heteroatoms. The SMILES string of the molecule is O=C1CC(Oc2cc(O)c(O)c(O)c2)Oc2c(O)c(O)c(Cl)c(O)c21. The Morgan fingerprint density at radius 2 is 1.56 bits per heavy atom. The van der Waals surface area contributed by atoms with Crippen LogP contribution in [-0.4, -0.2) is 42.7 Å². The van der Waals surface area contributed by atoms with Gasteiger partial charge >= 0.3 is 0 Å². The molecule has 2 aromatic carbocycles. The highest BCUT2D eigenvalue weighted by Crippen LogP contribution is 2.52. The van der Waals surface area contributed by atoms with Crippen LogP contribution in [0.2, 0.25) is 5.02 Å². The van der Waals surface area contributed by atoms with Crippen LogP contribution in [0.4, 0.5) is 0 Å². The number of aromatic hydroxyl groups is 6. The van der Waals surface area contributed by atoms with Crippen LogP contribution in [0.15, 0.2) is 12.1 Å². The molecule has 0 spiro atoms. The van der Waals surface area contributed by atoms with Crippen molar-refractivity contribution in [1.29, 1.82) is 0 Å². The van der Waals surface area contributed by atoms with E-state index in [0.29, 0.717) is 0 Å². The number of Topliss-reactive ketones (excluding diaryl/α,β-unsaturated/α-hetero) is 1. The van der Waals surface area contributed by atoms with Crippen LogP contribution in [0, 0.1) is 0 Å². The van der Waals surface area contributed by atoms with Crippen LogP contribution in [-0.2, 0) is 0 Å². The summed E-state index contributed by atoms with van der Waals surface area (Å²) < 4.78 is 10.5. The maximum atomic E-state index is 12.2. The first kappa shape index (κ1) is 16.7. The molecule has 3 rings (SSSR count). The largest absolute Gasteiger partial charge is 0.505 e. The van der Waals surface area contributed by atoms with Crippen molar-refractivity contribution in [3.05, 3.63) is 22.7 Å². The number of ketones is 1. The van der Waals surface area contributed by atoms with Gasteiger partial charge in [-0.25, -0.2) is 0 Å². The highest BCUT2D eigenvalue weighted by molar-refractivity contribution is 6.34. The third-order valence-corrected chi connectivity index (χ3v) is 3.87. The minimum absolute atomic E-state index is 0.143. The van der Waals surface area contributed by atoms with Crippen molar-refractivity contribution in [3.8, 4) is 46.0 Å². The fourth-order valence-corrected chi connectivity index (χ4v) is 2.51. The summed E-state index contributed by atoms with van der Waals surface area (Å²) in [6.45, 7) is 0. The topological polar surface area (TPSA) is 157 Å². The second-order valence-corrected chi connectivity index (χ2v) is 5.54. The standard InChI is InChI=1S/C15H11ClO9/c16-10-12(21)9-5(17)3-8(25-15(9)14(23)13(10)22)24-4-1-6(18)11(20)7(19)2-4/h1-2,8,18-23H,3H2. The van der Waals surface area contributed by atoms with Gasteiger partial charge in [0.2, 0.25) is 17.8 Å². The summed E-state index contributed by atoms with van der Waals surface area (Å²) in [5.74, 6) is -5.89. The Morgan fingerprint density at radius 3 is 2.16 bits per heavy atom. The smallest absolute Gasteiger partial charge is 0.248 e. The summed E-state index contributed by atoms with van der Waals surface area (Å²) in [5.41, 5.74) is -0.406. The number of rotatable bonds is 2. The number of ether oxygens (including phenoxy) is 2.